The lowest BCUT2D eigenvalue weighted by Crippen LogP contribution is -3.17. The van der Waals surface area contributed by atoms with Gasteiger partial charge in [0, 0.05) is 35.6 Å². The molecule has 2 aromatic carbocycles. The molecule has 13 nitrogen and oxygen atoms in total. The maximum atomic E-state index is 15.1. The number of nitrogens with one attached hydrogen (secondary N) is 2. The zero-order valence-corrected chi connectivity index (χ0v) is 32.5. The Labute approximate surface area is 313 Å². The number of likely N-dealkylation sites (N-methyl/N-ethyl adjacent to an activating group) is 2. The average molecular weight is 749 g/mol. The molecule has 0 radical (unpaired) electrons. The first kappa shape index (κ1) is 37.4. The Morgan fingerprint density at radius 3 is 2.11 bits per heavy atom. The number of epoxide rings is 2. The van der Waals surface area contributed by atoms with Gasteiger partial charge in [-0.25, -0.2) is 0 Å². The van der Waals surface area contributed by atoms with E-state index in [1.807, 2.05) is 42.0 Å². The van der Waals surface area contributed by atoms with Crippen LogP contribution in [0.2, 0.25) is 0 Å². The van der Waals surface area contributed by atoms with Crippen LogP contribution in [0, 0.1) is 6.92 Å². The van der Waals surface area contributed by atoms with E-state index in [0.717, 1.165) is 9.80 Å². The maximum Gasteiger partial charge on any atom is 0.202 e. The summed E-state index contributed by atoms with van der Waals surface area (Å²) in [5.41, 5.74) is -1.19. The first-order valence-electron chi connectivity index (χ1n) is 19.0. The summed E-state index contributed by atoms with van der Waals surface area (Å²) in [6, 6.07) is 4.38. The van der Waals surface area contributed by atoms with Gasteiger partial charge in [0.05, 0.1) is 75.2 Å². The smallest absolute Gasteiger partial charge is 0.202 e. The van der Waals surface area contributed by atoms with Gasteiger partial charge in [0.25, 0.3) is 0 Å². The van der Waals surface area contributed by atoms with Crippen LogP contribution >= 0.6 is 0 Å². The minimum Gasteiger partial charge on any atom is -0.507 e. The lowest BCUT2D eigenvalue weighted by molar-refractivity contribution is -0.921. The van der Waals surface area contributed by atoms with E-state index in [-0.39, 0.29) is 74.3 Å². The number of quaternary nitrogens is 2. The molecule has 5 N–H and O–H groups in total. The zero-order valence-electron chi connectivity index (χ0n) is 32.5. The molecule has 4 saturated heterocycles. The minimum atomic E-state index is -0.966. The number of ketones is 2. The van der Waals surface area contributed by atoms with E-state index in [2.05, 4.69) is 0 Å². The summed E-state index contributed by atoms with van der Waals surface area (Å²) < 4.78 is 31.0. The van der Waals surface area contributed by atoms with Crippen molar-refractivity contribution in [3.63, 3.8) is 0 Å². The molecule has 0 spiro atoms. The molecule has 1 aliphatic carbocycles. The van der Waals surface area contributed by atoms with Crippen molar-refractivity contribution < 1.29 is 58.1 Å². The maximum absolute atomic E-state index is 15.1. The normalized spacial score (nSPS) is 37.5. The Morgan fingerprint density at radius 2 is 1.48 bits per heavy atom. The lowest BCUT2D eigenvalue weighted by atomic mass is 9.74. The first-order valence-corrected chi connectivity index (χ1v) is 19.0. The van der Waals surface area contributed by atoms with E-state index < -0.39 is 65.1 Å². The highest BCUT2D eigenvalue weighted by Gasteiger charge is 2.66. The van der Waals surface area contributed by atoms with Crippen LogP contribution in [-0.4, -0.2) is 109 Å². The molecule has 0 bridgehead atoms. The van der Waals surface area contributed by atoms with Gasteiger partial charge in [0.15, 0.2) is 16.8 Å². The Morgan fingerprint density at radius 1 is 0.815 bits per heavy atom. The van der Waals surface area contributed by atoms with Crippen LogP contribution in [0.1, 0.15) is 114 Å². The van der Waals surface area contributed by atoms with Crippen molar-refractivity contribution >= 4 is 22.5 Å². The third-order valence-corrected chi connectivity index (χ3v) is 13.3. The lowest BCUT2D eigenvalue weighted by Gasteiger charge is -2.47. The van der Waals surface area contributed by atoms with E-state index in [1.165, 1.54) is 6.07 Å². The number of benzene rings is 2. The summed E-state index contributed by atoms with van der Waals surface area (Å²) in [6.07, 6.45) is -4.17. The van der Waals surface area contributed by atoms with Crippen molar-refractivity contribution in [3.8, 4) is 5.75 Å². The summed E-state index contributed by atoms with van der Waals surface area (Å²) in [6.45, 7) is 10.9. The summed E-state index contributed by atoms with van der Waals surface area (Å²) in [4.78, 5) is 45.9. The summed E-state index contributed by atoms with van der Waals surface area (Å²) >= 11 is 0. The number of fused-ring (bicyclic) bond motifs is 4. The summed E-state index contributed by atoms with van der Waals surface area (Å²) in [5.74, 6) is -1.38. The number of phenols is 1. The van der Waals surface area contributed by atoms with Gasteiger partial charge in [-0.15, -0.1) is 0 Å². The second-order valence-corrected chi connectivity index (χ2v) is 17.2. The highest BCUT2D eigenvalue weighted by molar-refractivity contribution is 6.33. The SMILES string of the molecule is Cc1cc2c(c3oc([C@]4(C)O[C@H]4[C@@H]4O[C@H]4C)cc(=O)c13)C(=O)c1c(O)c([C@H]3C[C@](C)([NH+](C)C)[C@H](O)[C@H](C)O3)cc([C@H]3C[C@@H]([NH+](C)C)[C@H](O)[C@@H](C)O3)c1C2=O. The van der Waals surface area contributed by atoms with Crippen LogP contribution in [0.25, 0.3) is 11.0 Å². The van der Waals surface area contributed by atoms with E-state index in [1.54, 1.807) is 39.8 Å². The van der Waals surface area contributed by atoms with E-state index in [4.69, 9.17) is 23.4 Å². The van der Waals surface area contributed by atoms with Crippen molar-refractivity contribution in [2.75, 3.05) is 28.2 Å². The molecular formula is C41H52N2O11+2. The number of ether oxygens (including phenoxy) is 4. The minimum absolute atomic E-state index is 0.00581. The number of aromatic hydroxyl groups is 1. The van der Waals surface area contributed by atoms with Gasteiger partial charge in [-0.3, -0.25) is 14.4 Å². The number of phenolic OH excluding ortho intramolecular Hbond substituents is 1. The molecule has 54 heavy (non-hydrogen) atoms. The van der Waals surface area contributed by atoms with Gasteiger partial charge in [-0.2, -0.15) is 0 Å². The van der Waals surface area contributed by atoms with Gasteiger partial charge in [0.2, 0.25) is 5.78 Å². The molecule has 1 aromatic heterocycles. The molecule has 13 heteroatoms. The topological polar surface area (TPSA) is 177 Å². The second-order valence-electron chi connectivity index (χ2n) is 17.2. The quantitative estimate of drug-likeness (QED) is 0.177. The van der Waals surface area contributed by atoms with Gasteiger partial charge in [-0.05, 0) is 64.8 Å². The van der Waals surface area contributed by atoms with Crippen molar-refractivity contribution in [2.45, 2.75) is 127 Å². The fraction of sp³-hybridized carbons (Fsp3) is 0.585. The molecule has 8 rings (SSSR count). The van der Waals surface area contributed by atoms with Crippen molar-refractivity contribution in [3.05, 3.63) is 73.1 Å². The molecule has 4 aliphatic heterocycles. The van der Waals surface area contributed by atoms with Crippen LogP contribution in [0.3, 0.4) is 0 Å². The van der Waals surface area contributed by atoms with Crippen molar-refractivity contribution in [1.82, 2.24) is 0 Å². The highest BCUT2D eigenvalue weighted by Crippen LogP contribution is 2.54. The van der Waals surface area contributed by atoms with E-state index >= 15 is 4.79 Å². The number of rotatable bonds is 6. The fourth-order valence-electron chi connectivity index (χ4n) is 9.40. The van der Waals surface area contributed by atoms with Crippen LogP contribution < -0.4 is 15.2 Å². The van der Waals surface area contributed by atoms with E-state index in [9.17, 15) is 24.9 Å². The van der Waals surface area contributed by atoms with Gasteiger partial charge in [0.1, 0.15) is 53.1 Å². The van der Waals surface area contributed by atoms with Gasteiger partial charge in [-0.1, -0.05) is 0 Å². The number of aliphatic hydroxyl groups excluding tert-OH is 2. The molecule has 290 valence electrons. The Balaban J connectivity index is 1.34. The van der Waals surface area contributed by atoms with Crippen LogP contribution in [0.5, 0.6) is 5.75 Å². The number of hydrogen-bond donors (Lipinski definition) is 5. The van der Waals surface area contributed by atoms with Crippen LogP contribution in [-0.2, 0) is 24.5 Å². The highest BCUT2D eigenvalue weighted by atomic mass is 16.7. The van der Waals surface area contributed by atoms with Gasteiger partial charge < -0.3 is 48.5 Å². The molecule has 12 atom stereocenters. The molecule has 0 amide bonds. The molecular weight excluding hydrogens is 696 g/mol. The average Bonchev–Trinajstić information content (AvgIpc) is 4.01. The van der Waals surface area contributed by atoms with Crippen molar-refractivity contribution in [2.24, 2.45) is 0 Å². The first-order chi connectivity index (χ1) is 25.3. The molecule has 5 heterocycles. The molecule has 5 aliphatic rings. The Kier molecular flexibility index (Phi) is 8.65. The van der Waals surface area contributed by atoms with Crippen LogP contribution in [0.15, 0.2) is 27.4 Å². The number of aryl methyl sites for hydroxylation is 1. The monoisotopic (exact) mass is 748 g/mol. The molecule has 0 saturated carbocycles. The Hall–Kier alpha value is -3.53. The zero-order chi connectivity index (χ0) is 39.1. The second kappa shape index (κ2) is 12.5. The molecule has 4 fully saturated rings. The number of hydrogen-bond acceptors (Lipinski definition) is 11. The summed E-state index contributed by atoms with van der Waals surface area (Å²) in [5, 5.41) is 34.8. The number of aliphatic hydroxyl groups is 2. The molecule has 0 unspecified atom stereocenters. The summed E-state index contributed by atoms with van der Waals surface area (Å²) in [7, 11) is 7.79. The fourth-order valence-corrected chi connectivity index (χ4v) is 9.40. The Bertz CT molecular complexity index is 2160. The van der Waals surface area contributed by atoms with Crippen LogP contribution in [0.4, 0.5) is 0 Å². The largest absolute Gasteiger partial charge is 0.507 e. The third kappa shape index (κ3) is 5.38. The number of carbonyl (C=O) groups is 2. The van der Waals surface area contributed by atoms with E-state index in [0.29, 0.717) is 24.0 Å². The predicted octanol–water partition coefficient (Wildman–Crippen LogP) is 0.822. The molecule has 3 aromatic rings. The number of carbonyl (C=O) groups excluding carboxylic acids is 2. The predicted molar refractivity (Wildman–Crippen MR) is 194 cm³/mol. The van der Waals surface area contributed by atoms with Gasteiger partial charge >= 0.3 is 0 Å². The standard InChI is InChI=1S/C41H50N2O11/c1-16-11-22-30(37-28(16)24(44)14-27(53-37)41(6)39(54-41)36-18(3)52-36)35(48)31-29(34(22)47)20(25-13-23(42(7)8)32(45)17(2)50-25)12-21(33(31)46)26-15-40(5,43(9)10)38(49)19(4)51-26/h11-12,14,17-19,23,25-26,32,36,38-39,45-46,49H,13,15H2,1-10H3/p+2/t17-,18+,19+,23-,25-,26-,32-,36-,38-,39+,40+,41+/m1/s1. The third-order valence-electron chi connectivity index (χ3n) is 13.3. The van der Waals surface area contributed by atoms with Crippen molar-refractivity contribution in [1.29, 1.82) is 0 Å².